The standard InChI is InChI=1S/C21H24BrNO4S/c1-4-6-7-12-19(9-5-2)28(24,25)26-14-13-20-16(3)27-21(23-20)17-10-8-11-18(22)15-17/h5-11,15H,2,4,12-14H2,1,3H3/b7-6-,19-9+. The van der Waals surface area contributed by atoms with Crippen LogP contribution in [0, 0.1) is 6.92 Å². The van der Waals surface area contributed by atoms with Crippen LogP contribution in [0.3, 0.4) is 0 Å². The van der Waals surface area contributed by atoms with Crippen LogP contribution in [0.5, 0.6) is 0 Å². The highest BCUT2D eigenvalue weighted by Gasteiger charge is 2.18. The van der Waals surface area contributed by atoms with Crippen molar-refractivity contribution in [2.75, 3.05) is 6.61 Å². The van der Waals surface area contributed by atoms with Crippen LogP contribution in [-0.4, -0.2) is 20.0 Å². The number of oxazole rings is 1. The minimum Gasteiger partial charge on any atom is -0.441 e. The third-order valence-corrected chi connectivity index (χ3v) is 5.80. The summed E-state index contributed by atoms with van der Waals surface area (Å²) in [6.45, 7) is 7.35. The zero-order chi connectivity index (χ0) is 20.6. The molecule has 0 N–H and O–H groups in total. The fourth-order valence-corrected chi connectivity index (χ4v) is 3.90. The molecule has 0 bridgehead atoms. The van der Waals surface area contributed by atoms with Gasteiger partial charge in [-0.2, -0.15) is 8.42 Å². The Hall–Kier alpha value is -1.96. The highest BCUT2D eigenvalue weighted by Crippen LogP contribution is 2.25. The van der Waals surface area contributed by atoms with Crippen molar-refractivity contribution in [3.8, 4) is 11.5 Å². The average Bonchev–Trinajstić information content (AvgIpc) is 3.02. The Morgan fingerprint density at radius 3 is 2.82 bits per heavy atom. The lowest BCUT2D eigenvalue weighted by molar-refractivity contribution is 0.324. The molecule has 0 radical (unpaired) electrons. The van der Waals surface area contributed by atoms with E-state index in [9.17, 15) is 8.42 Å². The number of aryl methyl sites for hydroxylation is 1. The molecule has 0 saturated heterocycles. The van der Waals surface area contributed by atoms with E-state index in [0.29, 0.717) is 23.8 Å². The Morgan fingerprint density at radius 1 is 1.36 bits per heavy atom. The first-order valence-corrected chi connectivity index (χ1v) is 11.2. The maximum atomic E-state index is 12.4. The van der Waals surface area contributed by atoms with E-state index in [1.807, 2.05) is 43.3 Å². The largest absolute Gasteiger partial charge is 0.441 e. The summed E-state index contributed by atoms with van der Waals surface area (Å²) in [5.74, 6) is 1.14. The van der Waals surface area contributed by atoms with Gasteiger partial charge in [-0.3, -0.25) is 4.18 Å². The van der Waals surface area contributed by atoms with E-state index in [2.05, 4.69) is 27.5 Å². The molecule has 0 atom stereocenters. The number of halogens is 1. The van der Waals surface area contributed by atoms with E-state index >= 15 is 0 Å². The van der Waals surface area contributed by atoms with Gasteiger partial charge in [0.1, 0.15) is 5.76 Å². The lowest BCUT2D eigenvalue weighted by Gasteiger charge is -2.07. The van der Waals surface area contributed by atoms with Crippen molar-refractivity contribution in [1.29, 1.82) is 0 Å². The minimum atomic E-state index is -3.82. The smallest absolute Gasteiger partial charge is 0.293 e. The molecule has 0 saturated carbocycles. The van der Waals surface area contributed by atoms with Gasteiger partial charge in [-0.1, -0.05) is 53.7 Å². The number of benzene rings is 1. The van der Waals surface area contributed by atoms with E-state index in [1.165, 1.54) is 12.2 Å². The van der Waals surface area contributed by atoms with Crippen LogP contribution in [-0.2, 0) is 20.7 Å². The maximum absolute atomic E-state index is 12.4. The molecular formula is C21H24BrNO4S. The van der Waals surface area contributed by atoms with Gasteiger partial charge >= 0.3 is 0 Å². The van der Waals surface area contributed by atoms with E-state index < -0.39 is 10.1 Å². The van der Waals surface area contributed by atoms with Crippen LogP contribution in [0.2, 0.25) is 0 Å². The van der Waals surface area contributed by atoms with Crippen LogP contribution in [0.4, 0.5) is 0 Å². The fraction of sp³-hybridized carbons (Fsp3) is 0.286. The lowest BCUT2D eigenvalue weighted by Crippen LogP contribution is -2.11. The van der Waals surface area contributed by atoms with E-state index in [4.69, 9.17) is 8.60 Å². The molecule has 0 aliphatic heterocycles. The van der Waals surface area contributed by atoms with Crippen LogP contribution >= 0.6 is 15.9 Å². The van der Waals surface area contributed by atoms with E-state index in [-0.39, 0.29) is 17.9 Å². The Bertz CT molecular complexity index is 974. The van der Waals surface area contributed by atoms with Crippen molar-refractivity contribution >= 4 is 26.0 Å². The van der Waals surface area contributed by atoms with Gasteiger partial charge in [-0.05, 0) is 37.6 Å². The van der Waals surface area contributed by atoms with Gasteiger partial charge in [0.15, 0.2) is 0 Å². The van der Waals surface area contributed by atoms with Crippen LogP contribution in [0.25, 0.3) is 11.5 Å². The molecule has 0 aliphatic carbocycles. The molecule has 0 aliphatic rings. The van der Waals surface area contributed by atoms with Crippen molar-refractivity contribution in [2.45, 2.75) is 33.1 Å². The fourth-order valence-electron chi connectivity index (χ4n) is 2.48. The number of rotatable bonds is 10. The van der Waals surface area contributed by atoms with E-state index in [0.717, 1.165) is 16.5 Å². The summed E-state index contributed by atoms with van der Waals surface area (Å²) in [6, 6.07) is 7.63. The summed E-state index contributed by atoms with van der Waals surface area (Å²) in [6.07, 6.45) is 8.07. The van der Waals surface area contributed by atoms with Crippen molar-refractivity contribution in [3.63, 3.8) is 0 Å². The summed E-state index contributed by atoms with van der Waals surface area (Å²) in [4.78, 5) is 4.66. The Morgan fingerprint density at radius 2 is 2.14 bits per heavy atom. The predicted molar refractivity (Wildman–Crippen MR) is 115 cm³/mol. The van der Waals surface area contributed by atoms with Crippen molar-refractivity contribution in [2.24, 2.45) is 0 Å². The summed E-state index contributed by atoms with van der Waals surface area (Å²) < 4.78 is 36.7. The molecular weight excluding hydrogens is 442 g/mol. The second kappa shape index (κ2) is 10.5. The number of allylic oxidation sites excluding steroid dienone is 5. The molecule has 7 heteroatoms. The number of nitrogens with zero attached hydrogens (tertiary/aromatic N) is 1. The summed E-state index contributed by atoms with van der Waals surface area (Å²) in [5, 5.41) is 0. The van der Waals surface area contributed by atoms with Gasteiger partial charge in [-0.15, -0.1) is 0 Å². The first kappa shape index (κ1) is 22.3. The van der Waals surface area contributed by atoms with Crippen molar-refractivity contribution in [1.82, 2.24) is 4.98 Å². The molecule has 2 rings (SSSR count). The SMILES string of the molecule is C=C/C=C(\C/C=C\CC)S(=O)(=O)OCCc1nc(-c2cccc(Br)c2)oc1C. The highest BCUT2D eigenvalue weighted by atomic mass is 79.9. The topological polar surface area (TPSA) is 69.4 Å². The Labute approximate surface area is 175 Å². The summed E-state index contributed by atoms with van der Waals surface area (Å²) >= 11 is 3.42. The predicted octanol–water partition coefficient (Wildman–Crippen LogP) is 5.73. The second-order valence-corrected chi connectivity index (χ2v) is 8.59. The minimum absolute atomic E-state index is 0.0143. The first-order chi connectivity index (χ1) is 13.4. The molecule has 1 aromatic carbocycles. The monoisotopic (exact) mass is 465 g/mol. The highest BCUT2D eigenvalue weighted by molar-refractivity contribution is 9.10. The Balaban J connectivity index is 2.05. The molecule has 0 spiro atoms. The molecule has 0 amide bonds. The first-order valence-electron chi connectivity index (χ1n) is 8.95. The molecule has 28 heavy (non-hydrogen) atoms. The molecule has 1 aromatic heterocycles. The molecule has 0 fully saturated rings. The lowest BCUT2D eigenvalue weighted by atomic mass is 10.2. The van der Waals surface area contributed by atoms with Gasteiger partial charge in [0, 0.05) is 22.9 Å². The number of hydrogen-bond acceptors (Lipinski definition) is 5. The van der Waals surface area contributed by atoms with Gasteiger partial charge < -0.3 is 4.42 Å². The maximum Gasteiger partial charge on any atom is 0.293 e. The van der Waals surface area contributed by atoms with Crippen molar-refractivity contribution in [3.05, 3.63) is 76.0 Å². The third-order valence-electron chi connectivity index (χ3n) is 3.89. The molecule has 0 unspecified atom stereocenters. The third kappa shape index (κ3) is 6.29. The molecule has 2 aromatic rings. The van der Waals surface area contributed by atoms with Crippen LogP contribution in [0.1, 0.15) is 31.2 Å². The molecule has 1 heterocycles. The Kier molecular flexibility index (Phi) is 8.41. The normalized spacial score (nSPS) is 12.6. The van der Waals surface area contributed by atoms with E-state index in [1.54, 1.807) is 6.92 Å². The van der Waals surface area contributed by atoms with Gasteiger partial charge in [0.2, 0.25) is 5.89 Å². The average molecular weight is 466 g/mol. The molecule has 150 valence electrons. The number of aromatic nitrogens is 1. The zero-order valence-electron chi connectivity index (χ0n) is 16.0. The van der Waals surface area contributed by atoms with Gasteiger partial charge in [-0.25, -0.2) is 4.98 Å². The van der Waals surface area contributed by atoms with Crippen LogP contribution < -0.4 is 0 Å². The molecule has 5 nitrogen and oxygen atoms in total. The summed E-state index contributed by atoms with van der Waals surface area (Å²) in [7, 11) is -3.82. The van der Waals surface area contributed by atoms with Crippen molar-refractivity contribution < 1.29 is 17.0 Å². The van der Waals surface area contributed by atoms with Gasteiger partial charge in [0.05, 0.1) is 17.2 Å². The number of hydrogen-bond donors (Lipinski definition) is 0. The van der Waals surface area contributed by atoms with Crippen LogP contribution in [0.15, 0.2) is 68.9 Å². The second-order valence-electron chi connectivity index (χ2n) is 6.01. The summed E-state index contributed by atoms with van der Waals surface area (Å²) in [5.41, 5.74) is 1.52. The zero-order valence-corrected chi connectivity index (χ0v) is 18.4. The quantitative estimate of drug-likeness (QED) is 0.254. The van der Waals surface area contributed by atoms with Gasteiger partial charge in [0.25, 0.3) is 10.1 Å².